The van der Waals surface area contributed by atoms with E-state index in [1.54, 1.807) is 23.8 Å². The Labute approximate surface area is 125 Å². The van der Waals surface area contributed by atoms with Crippen LogP contribution in [0.1, 0.15) is 30.0 Å². The minimum absolute atomic E-state index is 0.291. The van der Waals surface area contributed by atoms with Gasteiger partial charge in [0.2, 0.25) is 5.69 Å². The molecule has 1 atom stereocenters. The Morgan fingerprint density at radius 1 is 1.10 bits per heavy atom. The van der Waals surface area contributed by atoms with Crippen LogP contribution in [0.4, 0.5) is 0 Å². The molecule has 2 rings (SSSR count). The van der Waals surface area contributed by atoms with Crippen LogP contribution >= 0.6 is 0 Å². The summed E-state index contributed by atoms with van der Waals surface area (Å²) < 4.78 is 33.9. The Morgan fingerprint density at radius 3 is 2.38 bits per heavy atom. The highest BCUT2D eigenvalue weighted by Crippen LogP contribution is 2.13. The number of nitrogens with zero attached hydrogens (tertiary/aromatic N) is 1. The summed E-state index contributed by atoms with van der Waals surface area (Å²) in [5, 5.41) is -0.978. The minimum Gasteiger partial charge on any atom is -0.280 e. The van der Waals surface area contributed by atoms with E-state index in [0.717, 1.165) is 5.56 Å². The first kappa shape index (κ1) is 15.4. The van der Waals surface area contributed by atoms with Crippen molar-refractivity contribution in [1.29, 1.82) is 0 Å². The second kappa shape index (κ2) is 6.65. The van der Waals surface area contributed by atoms with E-state index in [4.69, 9.17) is 0 Å². The van der Waals surface area contributed by atoms with Crippen LogP contribution in [-0.2, 0) is 10.1 Å². The van der Waals surface area contributed by atoms with E-state index in [9.17, 15) is 13.0 Å². The van der Waals surface area contributed by atoms with Crippen molar-refractivity contribution >= 4 is 22.3 Å². The van der Waals surface area contributed by atoms with E-state index >= 15 is 0 Å². The summed E-state index contributed by atoms with van der Waals surface area (Å²) >= 11 is 0. The summed E-state index contributed by atoms with van der Waals surface area (Å²) in [6.45, 7) is 1.73. The maximum atomic E-state index is 11.5. The van der Waals surface area contributed by atoms with E-state index in [-0.39, 0.29) is 0 Å². The normalized spacial score (nSPS) is 13.4. The van der Waals surface area contributed by atoms with Crippen LogP contribution in [0.15, 0.2) is 54.7 Å². The number of rotatable bonds is 5. The van der Waals surface area contributed by atoms with Crippen LogP contribution in [0.3, 0.4) is 0 Å². The van der Waals surface area contributed by atoms with Gasteiger partial charge in [0.05, 0.1) is 0 Å². The predicted octanol–water partition coefficient (Wildman–Crippen LogP) is 2.94. The number of hydrogen-bond acceptors (Lipinski definition) is 2. The first-order valence-electron chi connectivity index (χ1n) is 6.72. The summed E-state index contributed by atoms with van der Waals surface area (Å²) in [5.41, 5.74) is 1.73. The highest BCUT2D eigenvalue weighted by molar-refractivity contribution is 7.85. The lowest BCUT2D eigenvalue weighted by atomic mass is 10.2. The Bertz CT molecular complexity index is 724. The molecule has 1 heterocycles. The summed E-state index contributed by atoms with van der Waals surface area (Å²) in [6.07, 6.45) is 5.69. The third-order valence-electron chi connectivity index (χ3n) is 3.17. The van der Waals surface area contributed by atoms with Crippen molar-refractivity contribution in [2.75, 3.05) is 0 Å². The molecule has 0 bridgehead atoms. The van der Waals surface area contributed by atoms with Gasteiger partial charge in [-0.1, -0.05) is 37.3 Å². The van der Waals surface area contributed by atoms with Crippen LogP contribution in [-0.4, -0.2) is 13.0 Å². The molecule has 110 valence electrons. The zero-order valence-electron chi connectivity index (χ0n) is 11.8. The highest BCUT2D eigenvalue weighted by atomic mass is 32.2. The molecular formula is C16H18NO3S+. The molecule has 0 fully saturated rings. The molecule has 1 unspecified atom stereocenters. The van der Waals surface area contributed by atoms with Gasteiger partial charge in [0, 0.05) is 24.6 Å². The van der Waals surface area contributed by atoms with Gasteiger partial charge in [0.25, 0.3) is 5.37 Å². The summed E-state index contributed by atoms with van der Waals surface area (Å²) in [6, 6.07) is 15.1. The van der Waals surface area contributed by atoms with Crippen molar-refractivity contribution in [3.8, 4) is 0 Å². The van der Waals surface area contributed by atoms with E-state index in [1.165, 1.54) is 0 Å². The van der Waals surface area contributed by atoms with Crippen molar-refractivity contribution in [3.63, 3.8) is 0 Å². The fourth-order valence-electron chi connectivity index (χ4n) is 2.17. The first-order valence-corrected chi connectivity index (χ1v) is 8.22. The van der Waals surface area contributed by atoms with E-state index in [0.29, 0.717) is 12.1 Å². The first-order chi connectivity index (χ1) is 10.0. The molecular weight excluding hydrogens is 286 g/mol. The van der Waals surface area contributed by atoms with Crippen LogP contribution in [0.25, 0.3) is 12.2 Å². The Kier molecular flexibility index (Phi) is 4.88. The Balaban J connectivity index is 2.40. The maximum Gasteiger partial charge on any atom is 0.329 e. The predicted molar refractivity (Wildman–Crippen MR) is 82.9 cm³/mol. The molecule has 0 amide bonds. The number of pyridine rings is 1. The summed E-state index contributed by atoms with van der Waals surface area (Å²) in [5.74, 6) is 0. The van der Waals surface area contributed by atoms with Gasteiger partial charge in [0.1, 0.15) is 0 Å². The molecule has 0 spiro atoms. The van der Waals surface area contributed by atoms with Crippen molar-refractivity contribution in [1.82, 2.24) is 0 Å². The molecule has 4 nitrogen and oxygen atoms in total. The number of hydrogen-bond donors (Lipinski definition) is 1. The monoisotopic (exact) mass is 304 g/mol. The second-order valence-corrected chi connectivity index (χ2v) is 6.23. The molecule has 0 saturated heterocycles. The molecule has 1 N–H and O–H groups in total. The van der Waals surface area contributed by atoms with Gasteiger partial charge in [-0.05, 0) is 17.7 Å². The topological polar surface area (TPSA) is 58.2 Å². The lowest BCUT2D eigenvalue weighted by Gasteiger charge is -2.09. The standard InChI is InChI=1S/C16H17NO3S/c1-2-16(21(18,19)20)17-13-7-6-10-15(17)12-11-14-8-4-3-5-9-14/h3-13,16H,2H2,1H3/p+1. The Morgan fingerprint density at radius 2 is 1.76 bits per heavy atom. The van der Waals surface area contributed by atoms with Crippen LogP contribution in [0.5, 0.6) is 0 Å². The molecule has 1 aromatic carbocycles. The zero-order chi connectivity index (χ0) is 15.3. The molecule has 0 aliphatic rings. The highest BCUT2D eigenvalue weighted by Gasteiger charge is 2.31. The molecule has 5 heteroatoms. The molecule has 21 heavy (non-hydrogen) atoms. The van der Waals surface area contributed by atoms with Crippen molar-refractivity contribution < 1.29 is 17.5 Å². The lowest BCUT2D eigenvalue weighted by molar-refractivity contribution is -0.704. The average molecular weight is 304 g/mol. The van der Waals surface area contributed by atoms with Gasteiger partial charge in [-0.3, -0.25) is 4.55 Å². The molecule has 1 aromatic heterocycles. The van der Waals surface area contributed by atoms with Gasteiger partial charge in [0.15, 0.2) is 6.20 Å². The van der Waals surface area contributed by atoms with E-state index < -0.39 is 15.5 Å². The molecule has 2 aromatic rings. The Hall–Kier alpha value is -1.98. The SMILES string of the molecule is CCC([n+]1ccccc1C=Cc1ccccc1)S(=O)(=O)O. The fraction of sp³-hybridized carbons (Fsp3) is 0.188. The van der Waals surface area contributed by atoms with Crippen molar-refractivity contribution in [2.45, 2.75) is 18.7 Å². The van der Waals surface area contributed by atoms with Crippen molar-refractivity contribution in [2.24, 2.45) is 0 Å². The summed E-state index contributed by atoms with van der Waals surface area (Å²) in [4.78, 5) is 0. The van der Waals surface area contributed by atoms with E-state index in [2.05, 4.69) is 0 Å². The van der Waals surface area contributed by atoms with Gasteiger partial charge in [-0.15, -0.1) is 0 Å². The van der Waals surface area contributed by atoms with E-state index in [1.807, 2.05) is 54.6 Å². The van der Waals surface area contributed by atoms with Crippen molar-refractivity contribution in [3.05, 3.63) is 66.0 Å². The largest absolute Gasteiger partial charge is 0.329 e. The molecule has 0 saturated carbocycles. The average Bonchev–Trinajstić information content (AvgIpc) is 2.46. The minimum atomic E-state index is -4.14. The third-order valence-corrected chi connectivity index (χ3v) is 4.42. The van der Waals surface area contributed by atoms with Gasteiger partial charge < -0.3 is 0 Å². The smallest absolute Gasteiger partial charge is 0.280 e. The van der Waals surface area contributed by atoms with Gasteiger partial charge in [-0.25, -0.2) is 0 Å². The third kappa shape index (κ3) is 4.00. The second-order valence-electron chi connectivity index (χ2n) is 4.65. The zero-order valence-corrected chi connectivity index (χ0v) is 12.6. The number of benzene rings is 1. The molecule has 0 aliphatic carbocycles. The van der Waals surface area contributed by atoms with Crippen LogP contribution < -0.4 is 4.57 Å². The van der Waals surface area contributed by atoms with Crippen LogP contribution in [0.2, 0.25) is 0 Å². The summed E-state index contributed by atoms with van der Waals surface area (Å²) in [7, 11) is -4.14. The fourth-order valence-corrected chi connectivity index (χ4v) is 3.07. The molecule has 0 radical (unpaired) electrons. The number of aromatic nitrogens is 1. The quantitative estimate of drug-likeness (QED) is 0.682. The lowest BCUT2D eigenvalue weighted by Crippen LogP contribution is -2.45. The molecule has 0 aliphatic heterocycles. The van der Waals surface area contributed by atoms with Gasteiger partial charge >= 0.3 is 10.1 Å². The maximum absolute atomic E-state index is 11.5. The van der Waals surface area contributed by atoms with Gasteiger partial charge in [-0.2, -0.15) is 13.0 Å². The van der Waals surface area contributed by atoms with Crippen LogP contribution in [0, 0.1) is 0 Å².